The smallest absolute Gasteiger partial charge is 0.265 e. The molecule has 2 aliphatic heterocycles. The number of carbonyl (C=O) groups excluding carboxylic acids is 1. The number of amides is 1. The molecule has 100 valence electrons. The van der Waals surface area contributed by atoms with E-state index < -0.39 is 4.87 Å². The predicted octanol–water partition coefficient (Wildman–Crippen LogP) is 4.32. The van der Waals surface area contributed by atoms with Crippen LogP contribution < -0.4 is 10.6 Å². The molecule has 3 nitrogen and oxygen atoms in total. The summed E-state index contributed by atoms with van der Waals surface area (Å²) in [5.74, 6) is -0.127. The van der Waals surface area contributed by atoms with Gasteiger partial charge < -0.3 is 10.6 Å². The number of para-hydroxylation sites is 1. The molecule has 0 aromatic heterocycles. The molecular weight excluding hydrogens is 315 g/mol. The topological polar surface area (TPSA) is 41.1 Å². The molecule has 0 saturated heterocycles. The Morgan fingerprint density at radius 2 is 1.95 bits per heavy atom. The van der Waals surface area contributed by atoms with Crippen LogP contribution in [-0.2, 0) is 9.67 Å². The van der Waals surface area contributed by atoms with Crippen LogP contribution in [0, 0.1) is 0 Å². The number of carbonyl (C=O) groups is 1. The maximum absolute atomic E-state index is 12.5. The van der Waals surface area contributed by atoms with Gasteiger partial charge in [0.2, 0.25) is 0 Å². The maximum atomic E-state index is 12.5. The minimum Gasteiger partial charge on any atom is -0.358 e. The highest BCUT2D eigenvalue weighted by Gasteiger charge is 2.52. The molecular formula is C14H8Cl2N2OS. The summed E-state index contributed by atoms with van der Waals surface area (Å²) < 4.78 is 0. The molecule has 20 heavy (non-hydrogen) atoms. The predicted molar refractivity (Wildman–Crippen MR) is 82.7 cm³/mol. The van der Waals surface area contributed by atoms with Crippen molar-refractivity contribution in [3.63, 3.8) is 0 Å². The first-order chi connectivity index (χ1) is 9.60. The van der Waals surface area contributed by atoms with E-state index in [0.29, 0.717) is 15.7 Å². The highest BCUT2D eigenvalue weighted by atomic mass is 35.5. The van der Waals surface area contributed by atoms with Crippen molar-refractivity contribution in [3.05, 3.63) is 52.0 Å². The minimum absolute atomic E-state index is 0.127. The number of rotatable bonds is 0. The first-order valence-corrected chi connectivity index (χ1v) is 7.54. The van der Waals surface area contributed by atoms with Crippen molar-refractivity contribution >= 4 is 52.2 Å². The molecule has 0 bridgehead atoms. The number of thioether (sulfide) groups is 1. The first kappa shape index (κ1) is 12.4. The lowest BCUT2D eigenvalue weighted by Crippen LogP contribution is -2.35. The van der Waals surface area contributed by atoms with Crippen LogP contribution in [0.2, 0.25) is 10.0 Å². The molecule has 2 aromatic rings. The van der Waals surface area contributed by atoms with E-state index in [9.17, 15) is 4.79 Å². The van der Waals surface area contributed by atoms with E-state index in [-0.39, 0.29) is 5.91 Å². The van der Waals surface area contributed by atoms with Crippen molar-refractivity contribution < 1.29 is 4.79 Å². The number of fused-ring (bicyclic) bond motifs is 3. The molecule has 2 heterocycles. The van der Waals surface area contributed by atoms with E-state index in [2.05, 4.69) is 10.6 Å². The molecule has 6 heteroatoms. The summed E-state index contributed by atoms with van der Waals surface area (Å²) >= 11 is 13.7. The number of hydrogen-bond acceptors (Lipinski definition) is 3. The van der Waals surface area contributed by atoms with E-state index in [1.54, 1.807) is 12.1 Å². The Morgan fingerprint density at radius 1 is 1.15 bits per heavy atom. The van der Waals surface area contributed by atoms with E-state index in [0.717, 1.165) is 16.1 Å². The van der Waals surface area contributed by atoms with E-state index >= 15 is 0 Å². The largest absolute Gasteiger partial charge is 0.358 e. The van der Waals surface area contributed by atoms with E-state index in [4.69, 9.17) is 23.2 Å². The van der Waals surface area contributed by atoms with Gasteiger partial charge in [0.05, 0.1) is 10.7 Å². The molecule has 0 saturated carbocycles. The summed E-state index contributed by atoms with van der Waals surface area (Å²) in [6.45, 7) is 0. The lowest BCUT2D eigenvalue weighted by atomic mass is 10.1. The molecule has 0 radical (unpaired) electrons. The highest BCUT2D eigenvalue weighted by Crippen LogP contribution is 2.57. The molecule has 1 spiro atoms. The Kier molecular flexibility index (Phi) is 2.52. The minimum atomic E-state index is -0.881. The zero-order valence-electron chi connectivity index (χ0n) is 10.0. The van der Waals surface area contributed by atoms with Crippen LogP contribution in [0.25, 0.3) is 0 Å². The number of benzene rings is 2. The zero-order valence-corrected chi connectivity index (χ0v) is 12.4. The number of nitrogens with one attached hydrogen (secondary N) is 2. The summed E-state index contributed by atoms with van der Waals surface area (Å²) in [5, 5.41) is 7.12. The summed E-state index contributed by atoms with van der Waals surface area (Å²) in [6, 6.07) is 11.2. The molecule has 1 unspecified atom stereocenters. The average molecular weight is 323 g/mol. The Bertz CT molecular complexity index is 738. The van der Waals surface area contributed by atoms with Gasteiger partial charge in [0, 0.05) is 21.2 Å². The zero-order chi connectivity index (χ0) is 13.9. The molecule has 1 atom stereocenters. The molecule has 2 aromatic carbocycles. The van der Waals surface area contributed by atoms with E-state index in [1.807, 2.05) is 24.3 Å². The van der Waals surface area contributed by atoms with Crippen molar-refractivity contribution in [3.8, 4) is 0 Å². The fourth-order valence-corrected chi connectivity index (χ4v) is 4.39. The SMILES string of the molecule is O=C1Nc2c(Cl)cc(Cl)cc2C12Nc1ccccc1S2. The molecule has 2 aliphatic rings. The summed E-state index contributed by atoms with van der Waals surface area (Å²) in [7, 11) is 0. The second kappa shape index (κ2) is 4.07. The van der Waals surface area contributed by atoms with Gasteiger partial charge in [-0.15, -0.1) is 0 Å². The standard InChI is InChI=1S/C14H8Cl2N2OS/c15-7-5-8-12(9(16)6-7)17-13(19)14(8)18-10-3-1-2-4-11(10)20-14/h1-6,18H,(H,17,19). The number of halogens is 2. The van der Waals surface area contributed by atoms with Gasteiger partial charge in [-0.3, -0.25) is 4.79 Å². The van der Waals surface area contributed by atoms with E-state index in [1.165, 1.54) is 11.8 Å². The second-order valence-corrected chi connectivity index (χ2v) is 6.77. The number of anilines is 2. The fraction of sp³-hybridized carbons (Fsp3) is 0.0714. The van der Waals surface area contributed by atoms with Crippen LogP contribution in [0.15, 0.2) is 41.3 Å². The van der Waals surface area contributed by atoms with Crippen molar-refractivity contribution in [1.29, 1.82) is 0 Å². The van der Waals surface area contributed by atoms with Gasteiger partial charge in [-0.1, -0.05) is 47.1 Å². The monoisotopic (exact) mass is 322 g/mol. The van der Waals surface area contributed by atoms with Gasteiger partial charge in [-0.25, -0.2) is 0 Å². The Morgan fingerprint density at radius 3 is 2.75 bits per heavy atom. The van der Waals surface area contributed by atoms with Crippen LogP contribution in [0.3, 0.4) is 0 Å². The summed E-state index contributed by atoms with van der Waals surface area (Å²) in [5.41, 5.74) is 2.35. The van der Waals surface area contributed by atoms with Crippen LogP contribution in [-0.4, -0.2) is 5.91 Å². The fourth-order valence-electron chi connectivity index (χ4n) is 2.57. The van der Waals surface area contributed by atoms with Gasteiger partial charge in [0.25, 0.3) is 5.91 Å². The summed E-state index contributed by atoms with van der Waals surface area (Å²) in [4.78, 5) is 12.6. The van der Waals surface area contributed by atoms with Gasteiger partial charge >= 0.3 is 0 Å². The normalized spacial score (nSPS) is 22.4. The summed E-state index contributed by atoms with van der Waals surface area (Å²) in [6.07, 6.45) is 0. The van der Waals surface area contributed by atoms with Crippen LogP contribution in [0.5, 0.6) is 0 Å². The Labute approximate surface area is 129 Å². The second-order valence-electron chi connectivity index (χ2n) is 4.67. The molecule has 1 amide bonds. The van der Waals surface area contributed by atoms with Crippen molar-refractivity contribution in [1.82, 2.24) is 0 Å². The first-order valence-electron chi connectivity index (χ1n) is 5.97. The van der Waals surface area contributed by atoms with Crippen molar-refractivity contribution in [2.75, 3.05) is 10.6 Å². The van der Waals surface area contributed by atoms with Gasteiger partial charge in [-0.2, -0.15) is 0 Å². The van der Waals surface area contributed by atoms with Crippen molar-refractivity contribution in [2.24, 2.45) is 0 Å². The quantitative estimate of drug-likeness (QED) is 0.759. The maximum Gasteiger partial charge on any atom is 0.265 e. The third-order valence-electron chi connectivity index (χ3n) is 3.45. The number of hydrogen-bond donors (Lipinski definition) is 2. The lowest BCUT2D eigenvalue weighted by molar-refractivity contribution is -0.117. The average Bonchev–Trinajstić information content (AvgIpc) is 2.92. The lowest BCUT2D eigenvalue weighted by Gasteiger charge is -2.21. The van der Waals surface area contributed by atoms with Gasteiger partial charge in [-0.05, 0) is 24.3 Å². The molecule has 2 N–H and O–H groups in total. The Hall–Kier alpha value is -1.36. The van der Waals surface area contributed by atoms with Crippen LogP contribution in [0.1, 0.15) is 5.56 Å². The van der Waals surface area contributed by atoms with Gasteiger partial charge in [0.1, 0.15) is 0 Å². The van der Waals surface area contributed by atoms with Gasteiger partial charge in [0.15, 0.2) is 4.87 Å². The third-order valence-corrected chi connectivity index (χ3v) is 5.36. The molecule has 0 aliphatic carbocycles. The molecule has 4 rings (SSSR count). The highest BCUT2D eigenvalue weighted by molar-refractivity contribution is 8.01. The Balaban J connectivity index is 1.93. The van der Waals surface area contributed by atoms with Crippen LogP contribution in [0.4, 0.5) is 11.4 Å². The molecule has 0 fully saturated rings. The third kappa shape index (κ3) is 1.53. The van der Waals surface area contributed by atoms with Crippen LogP contribution >= 0.6 is 35.0 Å². The van der Waals surface area contributed by atoms with Crippen molar-refractivity contribution in [2.45, 2.75) is 9.77 Å².